The van der Waals surface area contributed by atoms with E-state index in [1.807, 2.05) is 19.1 Å². The molecule has 0 bridgehead atoms. The van der Waals surface area contributed by atoms with Crippen LogP contribution in [0.1, 0.15) is 27.2 Å². The molecule has 1 aliphatic rings. The van der Waals surface area contributed by atoms with Crippen LogP contribution in [0.3, 0.4) is 0 Å². The van der Waals surface area contributed by atoms with Gasteiger partial charge < -0.3 is 10.2 Å². The fourth-order valence-corrected chi connectivity index (χ4v) is 4.79. The zero-order chi connectivity index (χ0) is 22.1. The second-order valence-electron chi connectivity index (χ2n) is 7.78. The number of nitrogens with one attached hydrogen (secondary N) is 1. The average Bonchev–Trinajstić information content (AvgIpc) is 3.27. The fraction of sp³-hybridized carbons (Fsp3) is 0.160. The highest BCUT2D eigenvalue weighted by atomic mass is 32.1. The number of aryl methyl sites for hydroxylation is 1. The summed E-state index contributed by atoms with van der Waals surface area (Å²) in [5, 5.41) is 3.87. The molecule has 0 saturated carbocycles. The summed E-state index contributed by atoms with van der Waals surface area (Å²) >= 11 is 1.36. The van der Waals surface area contributed by atoms with Crippen molar-refractivity contribution >= 4 is 28.1 Å². The van der Waals surface area contributed by atoms with Crippen LogP contribution in [0.5, 0.6) is 0 Å². The Kier molecular flexibility index (Phi) is 5.41. The van der Waals surface area contributed by atoms with Crippen LogP contribution in [0.25, 0.3) is 11.3 Å². The maximum atomic E-state index is 14.4. The van der Waals surface area contributed by atoms with Gasteiger partial charge in [-0.3, -0.25) is 4.79 Å². The van der Waals surface area contributed by atoms with Crippen LogP contribution in [0, 0.1) is 12.7 Å². The van der Waals surface area contributed by atoms with Gasteiger partial charge >= 0.3 is 0 Å². The second-order valence-corrected chi connectivity index (χ2v) is 8.56. The maximum absolute atomic E-state index is 14.4. The summed E-state index contributed by atoms with van der Waals surface area (Å²) < 4.78 is 18.7. The van der Waals surface area contributed by atoms with Crippen LogP contribution in [-0.4, -0.2) is 21.8 Å². The van der Waals surface area contributed by atoms with Crippen LogP contribution in [0.2, 0.25) is 0 Å². The molecule has 0 unspecified atom stereocenters. The van der Waals surface area contributed by atoms with Gasteiger partial charge in [-0.1, -0.05) is 42.5 Å². The molecule has 32 heavy (non-hydrogen) atoms. The molecule has 0 saturated heterocycles. The van der Waals surface area contributed by atoms with Crippen molar-refractivity contribution in [3.8, 4) is 11.3 Å². The van der Waals surface area contributed by atoms with Gasteiger partial charge in [0.1, 0.15) is 16.5 Å². The molecule has 0 radical (unpaired) electrons. The number of carbonyl (C=O) groups is 1. The minimum absolute atomic E-state index is 0.228. The highest BCUT2D eigenvalue weighted by Crippen LogP contribution is 2.34. The van der Waals surface area contributed by atoms with Crippen molar-refractivity contribution in [2.75, 3.05) is 16.8 Å². The molecule has 2 aromatic heterocycles. The Balaban J connectivity index is 1.38. The number of halogens is 1. The van der Waals surface area contributed by atoms with Gasteiger partial charge in [0.15, 0.2) is 0 Å². The first kappa shape index (κ1) is 20.3. The van der Waals surface area contributed by atoms with Gasteiger partial charge in [-0.25, -0.2) is 9.37 Å². The van der Waals surface area contributed by atoms with Gasteiger partial charge in [0.2, 0.25) is 0 Å². The zero-order valence-corrected chi connectivity index (χ0v) is 18.3. The Morgan fingerprint density at radius 3 is 2.72 bits per heavy atom. The number of nitrogens with zero attached hydrogens (tertiary/aromatic N) is 3. The molecule has 160 valence electrons. The van der Waals surface area contributed by atoms with E-state index in [1.165, 1.54) is 28.7 Å². The molecular formula is C25H21FN4OS. The molecule has 5 rings (SSSR count). The Labute approximate surface area is 189 Å². The van der Waals surface area contributed by atoms with E-state index in [9.17, 15) is 9.18 Å². The third-order valence-corrected chi connectivity index (χ3v) is 6.54. The fourth-order valence-electron chi connectivity index (χ4n) is 4.06. The quantitative estimate of drug-likeness (QED) is 0.454. The number of rotatable bonds is 4. The van der Waals surface area contributed by atoms with Gasteiger partial charge in [-0.05, 0) is 59.8 Å². The monoisotopic (exact) mass is 444 g/mol. The Bertz CT molecular complexity index is 1280. The van der Waals surface area contributed by atoms with E-state index in [4.69, 9.17) is 0 Å². The van der Waals surface area contributed by atoms with Crippen molar-refractivity contribution in [3.63, 3.8) is 0 Å². The third kappa shape index (κ3) is 3.87. The van der Waals surface area contributed by atoms with E-state index in [0.29, 0.717) is 16.9 Å². The molecule has 0 aliphatic carbocycles. The molecule has 7 heteroatoms. The summed E-state index contributed by atoms with van der Waals surface area (Å²) in [5.41, 5.74) is 5.16. The normalized spacial score (nSPS) is 13.0. The Hall–Kier alpha value is -3.58. The molecular weight excluding hydrogens is 423 g/mol. The lowest BCUT2D eigenvalue weighted by Crippen LogP contribution is -2.30. The standard InChI is InChI=1S/C25H21FN4OS/c1-16-6-4-9-19(26)23(16)20-10-5-11-21(28-20)24(31)29-22-14-27-32-25(22)30-13-12-17-7-2-3-8-18(17)15-30/h2-11,14H,12-13,15H2,1H3,(H,29,31). The lowest BCUT2D eigenvalue weighted by atomic mass is 10.0. The number of aromatic nitrogens is 2. The summed E-state index contributed by atoms with van der Waals surface area (Å²) in [6.45, 7) is 3.47. The number of pyridine rings is 1. The second kappa shape index (κ2) is 8.51. The van der Waals surface area contributed by atoms with Gasteiger partial charge in [0, 0.05) is 18.7 Å². The molecule has 1 N–H and O–H groups in total. The van der Waals surface area contributed by atoms with Crippen LogP contribution >= 0.6 is 11.5 Å². The van der Waals surface area contributed by atoms with Crippen LogP contribution in [-0.2, 0) is 13.0 Å². The summed E-state index contributed by atoms with van der Waals surface area (Å²) in [4.78, 5) is 19.7. The van der Waals surface area contributed by atoms with E-state index in [-0.39, 0.29) is 17.4 Å². The highest BCUT2D eigenvalue weighted by molar-refractivity contribution is 7.11. The zero-order valence-electron chi connectivity index (χ0n) is 17.5. The molecule has 1 aliphatic heterocycles. The predicted molar refractivity (Wildman–Crippen MR) is 126 cm³/mol. The van der Waals surface area contributed by atoms with Crippen molar-refractivity contribution < 1.29 is 9.18 Å². The van der Waals surface area contributed by atoms with Crippen molar-refractivity contribution in [2.45, 2.75) is 19.9 Å². The van der Waals surface area contributed by atoms with E-state index < -0.39 is 0 Å². The first-order chi connectivity index (χ1) is 15.6. The average molecular weight is 445 g/mol. The summed E-state index contributed by atoms with van der Waals surface area (Å²) in [6.07, 6.45) is 2.62. The molecule has 1 amide bonds. The number of hydrogen-bond donors (Lipinski definition) is 1. The van der Waals surface area contributed by atoms with Crippen molar-refractivity contribution in [3.05, 3.63) is 95.1 Å². The minimum Gasteiger partial charge on any atom is -0.356 e. The van der Waals surface area contributed by atoms with Crippen molar-refractivity contribution in [1.29, 1.82) is 0 Å². The summed E-state index contributed by atoms with van der Waals surface area (Å²) in [5.74, 6) is -0.704. The number of anilines is 2. The van der Waals surface area contributed by atoms with E-state index >= 15 is 0 Å². The van der Waals surface area contributed by atoms with Crippen LogP contribution < -0.4 is 10.2 Å². The molecule has 5 nitrogen and oxygen atoms in total. The summed E-state index contributed by atoms with van der Waals surface area (Å²) in [7, 11) is 0. The first-order valence-electron chi connectivity index (χ1n) is 10.4. The predicted octanol–water partition coefficient (Wildman–Crippen LogP) is 5.47. The van der Waals surface area contributed by atoms with E-state index in [1.54, 1.807) is 30.5 Å². The molecule has 0 atom stereocenters. The van der Waals surface area contributed by atoms with Gasteiger partial charge in [0.05, 0.1) is 17.6 Å². The lowest BCUT2D eigenvalue weighted by molar-refractivity contribution is 0.102. The smallest absolute Gasteiger partial charge is 0.274 e. The number of carbonyl (C=O) groups excluding carboxylic acids is 1. The van der Waals surface area contributed by atoms with E-state index in [0.717, 1.165) is 30.1 Å². The lowest BCUT2D eigenvalue weighted by Gasteiger charge is -2.29. The SMILES string of the molecule is Cc1cccc(F)c1-c1cccc(C(=O)Nc2cnsc2N2CCc3ccccc3C2)n1. The number of benzene rings is 2. The first-order valence-corrected chi connectivity index (χ1v) is 11.2. The maximum Gasteiger partial charge on any atom is 0.274 e. The molecule has 0 spiro atoms. The van der Waals surface area contributed by atoms with Gasteiger partial charge in [0.25, 0.3) is 5.91 Å². The number of fused-ring (bicyclic) bond motifs is 1. The Morgan fingerprint density at radius 1 is 1.06 bits per heavy atom. The van der Waals surface area contributed by atoms with Gasteiger partial charge in [-0.15, -0.1) is 0 Å². The molecule has 0 fully saturated rings. The van der Waals surface area contributed by atoms with Crippen LogP contribution in [0.15, 0.2) is 66.9 Å². The number of hydrogen-bond acceptors (Lipinski definition) is 5. The van der Waals surface area contributed by atoms with Crippen molar-refractivity contribution in [2.24, 2.45) is 0 Å². The molecule has 2 aromatic carbocycles. The molecule has 3 heterocycles. The molecule has 4 aromatic rings. The summed E-state index contributed by atoms with van der Waals surface area (Å²) in [6, 6.07) is 18.4. The van der Waals surface area contributed by atoms with Crippen LogP contribution in [0.4, 0.5) is 15.1 Å². The Morgan fingerprint density at radius 2 is 1.88 bits per heavy atom. The highest BCUT2D eigenvalue weighted by Gasteiger charge is 2.22. The van der Waals surface area contributed by atoms with Gasteiger partial charge in [-0.2, -0.15) is 4.37 Å². The number of amides is 1. The largest absolute Gasteiger partial charge is 0.356 e. The topological polar surface area (TPSA) is 58.1 Å². The minimum atomic E-state index is -0.357. The van der Waals surface area contributed by atoms with Crippen molar-refractivity contribution in [1.82, 2.24) is 9.36 Å². The van der Waals surface area contributed by atoms with E-state index in [2.05, 4.69) is 37.8 Å². The third-order valence-electron chi connectivity index (χ3n) is 5.68.